The Morgan fingerprint density at radius 1 is 1.50 bits per heavy atom. The summed E-state index contributed by atoms with van der Waals surface area (Å²) in [6.07, 6.45) is 2.66. The van der Waals surface area contributed by atoms with Crippen LogP contribution in [0.5, 0.6) is 0 Å². The molecule has 0 amide bonds. The average Bonchev–Trinajstić information content (AvgIpc) is 2.59. The Bertz CT molecular complexity index is 492. The predicted molar refractivity (Wildman–Crippen MR) is 78.9 cm³/mol. The average molecular weight is 278 g/mol. The Balaban J connectivity index is 2.34. The summed E-state index contributed by atoms with van der Waals surface area (Å²) in [4.78, 5) is 20.6. The van der Waals surface area contributed by atoms with Gasteiger partial charge in [-0.25, -0.2) is 9.78 Å². The van der Waals surface area contributed by atoms with Crippen molar-refractivity contribution in [2.24, 2.45) is 0 Å². The number of carbonyl (C=O) groups excluding carboxylic acids is 1. The Morgan fingerprint density at radius 2 is 2.25 bits per heavy atom. The van der Waals surface area contributed by atoms with Crippen LogP contribution in [0.2, 0.25) is 0 Å². The van der Waals surface area contributed by atoms with Crippen molar-refractivity contribution in [3.63, 3.8) is 0 Å². The molecule has 2 heterocycles. The first-order valence-electron chi connectivity index (χ1n) is 6.82. The Kier molecular flexibility index (Phi) is 4.44. The third-order valence-corrected chi connectivity index (χ3v) is 3.69. The summed E-state index contributed by atoms with van der Waals surface area (Å²) in [5.41, 5.74) is 6.90. The summed E-state index contributed by atoms with van der Waals surface area (Å²) in [6.45, 7) is 5.03. The van der Waals surface area contributed by atoms with Crippen molar-refractivity contribution in [2.45, 2.75) is 19.4 Å². The van der Waals surface area contributed by atoms with E-state index in [9.17, 15) is 4.79 Å². The lowest BCUT2D eigenvalue weighted by molar-refractivity contribution is 0.0602. The lowest BCUT2D eigenvalue weighted by atomic mass is 10.2. The van der Waals surface area contributed by atoms with Gasteiger partial charge < -0.3 is 20.3 Å². The van der Waals surface area contributed by atoms with Crippen LogP contribution in [0.1, 0.15) is 23.7 Å². The second-order valence-electron chi connectivity index (χ2n) is 5.25. The highest BCUT2D eigenvalue weighted by atomic mass is 16.5. The first kappa shape index (κ1) is 14.6. The Labute approximate surface area is 119 Å². The Hall–Kier alpha value is -1.82. The van der Waals surface area contributed by atoms with Gasteiger partial charge in [-0.3, -0.25) is 0 Å². The fraction of sp³-hybridized carbons (Fsp3) is 0.571. The zero-order chi connectivity index (χ0) is 14.7. The van der Waals surface area contributed by atoms with E-state index >= 15 is 0 Å². The molecule has 6 heteroatoms. The number of hydrogen-bond donors (Lipinski definition) is 1. The number of nitrogen functional groups attached to an aromatic ring is 1. The minimum absolute atomic E-state index is 0.296. The molecule has 110 valence electrons. The second kappa shape index (κ2) is 6.09. The number of esters is 1. The predicted octanol–water partition coefficient (Wildman–Crippen LogP) is 0.981. The number of rotatable bonds is 2. The van der Waals surface area contributed by atoms with Gasteiger partial charge in [0.15, 0.2) is 5.82 Å². The highest BCUT2D eigenvalue weighted by Crippen LogP contribution is 2.27. The largest absolute Gasteiger partial charge is 0.465 e. The van der Waals surface area contributed by atoms with E-state index in [2.05, 4.69) is 28.8 Å². The normalized spacial score (nSPS) is 20.6. The van der Waals surface area contributed by atoms with Crippen molar-refractivity contribution in [1.82, 2.24) is 9.88 Å². The fourth-order valence-corrected chi connectivity index (χ4v) is 2.67. The standard InChI is InChI=1S/C14H22N4O2/c1-10-9-17(2)7-4-8-18(10)13-12(15)11(5-6-16-13)14(19)20-3/h5-6,10H,4,7-9,15H2,1-3H3. The summed E-state index contributed by atoms with van der Waals surface area (Å²) in [7, 11) is 3.47. The molecule has 0 aromatic carbocycles. The highest BCUT2D eigenvalue weighted by Gasteiger charge is 2.24. The number of methoxy groups -OCH3 is 1. The van der Waals surface area contributed by atoms with Crippen LogP contribution >= 0.6 is 0 Å². The van der Waals surface area contributed by atoms with Crippen LogP contribution in [0.4, 0.5) is 11.5 Å². The summed E-state index contributed by atoms with van der Waals surface area (Å²) in [6, 6.07) is 1.89. The topological polar surface area (TPSA) is 71.7 Å². The van der Waals surface area contributed by atoms with Crippen molar-refractivity contribution in [3.05, 3.63) is 17.8 Å². The molecule has 0 bridgehead atoms. The van der Waals surface area contributed by atoms with Crippen molar-refractivity contribution in [2.75, 3.05) is 44.4 Å². The van der Waals surface area contributed by atoms with Gasteiger partial charge in [0.05, 0.1) is 18.4 Å². The number of nitrogens with two attached hydrogens (primary N) is 1. The van der Waals surface area contributed by atoms with Gasteiger partial charge in [0.2, 0.25) is 0 Å². The molecule has 0 saturated carbocycles. The van der Waals surface area contributed by atoms with E-state index in [4.69, 9.17) is 10.5 Å². The SMILES string of the molecule is COC(=O)c1ccnc(N2CCCN(C)CC2C)c1N. The first-order valence-corrected chi connectivity index (χ1v) is 6.82. The fourth-order valence-electron chi connectivity index (χ4n) is 2.67. The minimum atomic E-state index is -0.425. The molecule has 1 saturated heterocycles. The number of nitrogens with zero attached hydrogens (tertiary/aromatic N) is 3. The zero-order valence-electron chi connectivity index (χ0n) is 12.3. The van der Waals surface area contributed by atoms with E-state index in [1.807, 2.05) is 0 Å². The number of likely N-dealkylation sites (N-methyl/N-ethyl adjacent to an activating group) is 1. The van der Waals surface area contributed by atoms with E-state index in [0.29, 0.717) is 23.1 Å². The molecule has 2 rings (SSSR count). The lowest BCUT2D eigenvalue weighted by Gasteiger charge is -2.30. The van der Waals surface area contributed by atoms with Crippen LogP contribution in [0.25, 0.3) is 0 Å². The molecular formula is C14H22N4O2. The monoisotopic (exact) mass is 278 g/mol. The van der Waals surface area contributed by atoms with Crippen molar-refractivity contribution >= 4 is 17.5 Å². The molecule has 1 aromatic rings. The van der Waals surface area contributed by atoms with Crippen LogP contribution in [-0.4, -0.2) is 55.7 Å². The summed E-state index contributed by atoms with van der Waals surface area (Å²) < 4.78 is 4.75. The van der Waals surface area contributed by atoms with Crippen molar-refractivity contribution < 1.29 is 9.53 Å². The number of aromatic nitrogens is 1. The number of pyridine rings is 1. The zero-order valence-corrected chi connectivity index (χ0v) is 12.3. The number of carbonyl (C=O) groups is 1. The van der Waals surface area contributed by atoms with Crippen LogP contribution in [0, 0.1) is 0 Å². The van der Waals surface area contributed by atoms with Gasteiger partial charge in [-0.2, -0.15) is 0 Å². The maximum absolute atomic E-state index is 11.7. The second-order valence-corrected chi connectivity index (χ2v) is 5.25. The number of hydrogen-bond acceptors (Lipinski definition) is 6. The van der Waals surface area contributed by atoms with Gasteiger partial charge in [0.1, 0.15) is 0 Å². The molecule has 0 radical (unpaired) electrons. The van der Waals surface area contributed by atoms with Crippen LogP contribution in [0.3, 0.4) is 0 Å². The van der Waals surface area contributed by atoms with Crippen LogP contribution in [-0.2, 0) is 4.74 Å². The smallest absolute Gasteiger partial charge is 0.340 e. The molecule has 1 aliphatic heterocycles. The molecule has 20 heavy (non-hydrogen) atoms. The van der Waals surface area contributed by atoms with Gasteiger partial charge in [-0.15, -0.1) is 0 Å². The van der Waals surface area contributed by atoms with Gasteiger partial charge in [-0.1, -0.05) is 0 Å². The molecule has 1 fully saturated rings. The molecule has 0 aliphatic carbocycles. The molecule has 1 aromatic heterocycles. The molecule has 6 nitrogen and oxygen atoms in total. The van der Waals surface area contributed by atoms with Gasteiger partial charge in [0, 0.05) is 25.3 Å². The maximum Gasteiger partial charge on any atom is 0.340 e. The van der Waals surface area contributed by atoms with Gasteiger partial charge >= 0.3 is 5.97 Å². The quantitative estimate of drug-likeness (QED) is 0.813. The van der Waals surface area contributed by atoms with E-state index in [1.54, 1.807) is 12.3 Å². The van der Waals surface area contributed by atoms with Crippen LogP contribution < -0.4 is 10.6 Å². The maximum atomic E-state index is 11.7. The van der Waals surface area contributed by atoms with Crippen molar-refractivity contribution in [1.29, 1.82) is 0 Å². The molecule has 0 spiro atoms. The Morgan fingerprint density at radius 3 is 2.95 bits per heavy atom. The number of ether oxygens (including phenoxy) is 1. The van der Waals surface area contributed by atoms with E-state index in [0.717, 1.165) is 26.1 Å². The third kappa shape index (κ3) is 2.85. The van der Waals surface area contributed by atoms with Gasteiger partial charge in [-0.05, 0) is 33.0 Å². The summed E-state index contributed by atoms with van der Waals surface area (Å²) in [5, 5.41) is 0. The number of anilines is 2. The van der Waals surface area contributed by atoms with Gasteiger partial charge in [0.25, 0.3) is 0 Å². The molecule has 1 unspecified atom stereocenters. The summed E-state index contributed by atoms with van der Waals surface area (Å²) in [5.74, 6) is 0.251. The van der Waals surface area contributed by atoms with E-state index in [-0.39, 0.29) is 0 Å². The minimum Gasteiger partial charge on any atom is -0.465 e. The molecular weight excluding hydrogens is 256 g/mol. The summed E-state index contributed by atoms with van der Waals surface area (Å²) >= 11 is 0. The van der Waals surface area contributed by atoms with Crippen LogP contribution in [0.15, 0.2) is 12.3 Å². The third-order valence-electron chi connectivity index (χ3n) is 3.69. The lowest BCUT2D eigenvalue weighted by Crippen LogP contribution is -2.39. The van der Waals surface area contributed by atoms with E-state index < -0.39 is 5.97 Å². The first-order chi connectivity index (χ1) is 9.54. The van der Waals surface area contributed by atoms with E-state index in [1.165, 1.54) is 7.11 Å². The molecule has 2 N–H and O–H groups in total. The molecule has 1 atom stereocenters. The van der Waals surface area contributed by atoms with Crippen molar-refractivity contribution in [3.8, 4) is 0 Å². The molecule has 1 aliphatic rings. The highest BCUT2D eigenvalue weighted by molar-refractivity contribution is 5.97.